The Bertz CT molecular complexity index is 601. The van der Waals surface area contributed by atoms with Gasteiger partial charge in [0.2, 0.25) is 0 Å². The first-order valence-electron chi connectivity index (χ1n) is 6.36. The average Bonchev–Trinajstić information content (AvgIpc) is 2.43. The lowest BCUT2D eigenvalue weighted by Gasteiger charge is -2.22. The molecule has 1 N–H and O–H groups in total. The van der Waals surface area contributed by atoms with Crippen LogP contribution in [0.2, 0.25) is 0 Å². The second-order valence-electron chi connectivity index (χ2n) is 4.78. The number of rotatable bonds is 2. The van der Waals surface area contributed by atoms with Crippen LogP contribution < -0.4 is 10.9 Å². The van der Waals surface area contributed by atoms with Gasteiger partial charge in [-0.25, -0.2) is 4.68 Å². The zero-order valence-corrected chi connectivity index (χ0v) is 10.2. The molecule has 3 heterocycles. The van der Waals surface area contributed by atoms with E-state index in [0.29, 0.717) is 23.4 Å². The topological polar surface area (TPSA) is 59.8 Å². The smallest absolute Gasteiger partial charge is 0.276 e. The molecule has 94 valence electrons. The first-order chi connectivity index (χ1) is 8.84. The van der Waals surface area contributed by atoms with E-state index in [2.05, 4.69) is 15.4 Å². The highest BCUT2D eigenvalue weighted by Gasteiger charge is 2.15. The van der Waals surface area contributed by atoms with Crippen LogP contribution >= 0.6 is 0 Å². The monoisotopic (exact) mass is 244 g/mol. The minimum Gasteiger partial charge on any atom is -0.316 e. The molecular formula is C13H16N4O. The molecule has 3 rings (SSSR count). The largest absolute Gasteiger partial charge is 0.316 e. The van der Waals surface area contributed by atoms with Crippen LogP contribution in [0.1, 0.15) is 12.8 Å². The Labute approximate surface area is 105 Å². The maximum Gasteiger partial charge on any atom is 0.276 e. The molecule has 0 aliphatic carbocycles. The van der Waals surface area contributed by atoms with E-state index in [1.54, 1.807) is 23.1 Å². The Morgan fingerprint density at radius 1 is 1.50 bits per heavy atom. The van der Waals surface area contributed by atoms with Crippen molar-refractivity contribution in [3.05, 3.63) is 34.9 Å². The number of fused-ring (bicyclic) bond motifs is 1. The molecule has 1 fully saturated rings. The number of pyridine rings is 1. The van der Waals surface area contributed by atoms with Crippen LogP contribution in [-0.2, 0) is 6.54 Å². The Morgan fingerprint density at radius 3 is 3.28 bits per heavy atom. The van der Waals surface area contributed by atoms with Gasteiger partial charge in [0.1, 0.15) is 0 Å². The maximum atomic E-state index is 12.2. The third-order valence-corrected chi connectivity index (χ3v) is 3.45. The Morgan fingerprint density at radius 2 is 2.44 bits per heavy atom. The van der Waals surface area contributed by atoms with Crippen LogP contribution in [0.25, 0.3) is 10.9 Å². The normalized spacial score (nSPS) is 20.1. The van der Waals surface area contributed by atoms with Gasteiger partial charge in [-0.1, -0.05) is 0 Å². The van der Waals surface area contributed by atoms with E-state index in [4.69, 9.17) is 0 Å². The summed E-state index contributed by atoms with van der Waals surface area (Å²) in [5.74, 6) is 0.498. The van der Waals surface area contributed by atoms with E-state index in [-0.39, 0.29) is 5.56 Å². The minimum atomic E-state index is -0.0360. The summed E-state index contributed by atoms with van der Waals surface area (Å²) in [5, 5.41) is 8.22. The van der Waals surface area contributed by atoms with Crippen LogP contribution in [0.3, 0.4) is 0 Å². The number of nitrogens with one attached hydrogen (secondary N) is 1. The molecule has 0 bridgehead atoms. The van der Waals surface area contributed by atoms with Crippen molar-refractivity contribution >= 4 is 10.9 Å². The summed E-state index contributed by atoms with van der Waals surface area (Å²) in [6, 6.07) is 3.60. The third kappa shape index (κ3) is 2.13. The van der Waals surface area contributed by atoms with Crippen LogP contribution in [0.4, 0.5) is 0 Å². The van der Waals surface area contributed by atoms with Gasteiger partial charge in [-0.15, -0.1) is 0 Å². The molecule has 0 saturated carbocycles. The molecule has 1 aliphatic heterocycles. The molecule has 2 aromatic heterocycles. The zero-order chi connectivity index (χ0) is 12.4. The van der Waals surface area contributed by atoms with E-state index in [1.807, 2.05) is 6.07 Å². The van der Waals surface area contributed by atoms with E-state index in [9.17, 15) is 4.79 Å². The fourth-order valence-electron chi connectivity index (χ4n) is 2.47. The van der Waals surface area contributed by atoms with Crippen molar-refractivity contribution in [1.29, 1.82) is 0 Å². The van der Waals surface area contributed by atoms with Crippen LogP contribution in [0, 0.1) is 5.92 Å². The fraction of sp³-hybridized carbons (Fsp3) is 0.462. The fourth-order valence-corrected chi connectivity index (χ4v) is 2.47. The maximum absolute atomic E-state index is 12.2. The summed E-state index contributed by atoms with van der Waals surface area (Å²) in [6.45, 7) is 2.75. The first-order valence-corrected chi connectivity index (χ1v) is 6.36. The molecule has 0 aromatic carbocycles. The molecule has 5 nitrogen and oxygen atoms in total. The van der Waals surface area contributed by atoms with Gasteiger partial charge >= 0.3 is 0 Å². The predicted octanol–water partition coefficient (Wildman–Crippen LogP) is 0.791. The Kier molecular flexibility index (Phi) is 3.06. The van der Waals surface area contributed by atoms with Crippen molar-refractivity contribution in [2.24, 2.45) is 5.92 Å². The summed E-state index contributed by atoms with van der Waals surface area (Å²) >= 11 is 0. The van der Waals surface area contributed by atoms with Gasteiger partial charge in [0.15, 0.2) is 0 Å². The highest BCUT2D eigenvalue weighted by Crippen LogP contribution is 2.11. The number of hydrogen-bond acceptors (Lipinski definition) is 4. The Hall–Kier alpha value is -1.75. The summed E-state index contributed by atoms with van der Waals surface area (Å²) in [7, 11) is 0. The lowest BCUT2D eigenvalue weighted by Crippen LogP contribution is -2.35. The molecule has 1 atom stereocenters. The summed E-state index contributed by atoms with van der Waals surface area (Å²) in [6.07, 6.45) is 5.69. The highest BCUT2D eigenvalue weighted by atomic mass is 16.1. The SMILES string of the molecule is O=c1c2cccnc2cnn1CC1CCCNC1. The first kappa shape index (κ1) is 11.3. The zero-order valence-electron chi connectivity index (χ0n) is 10.2. The van der Waals surface area contributed by atoms with Gasteiger partial charge in [0.05, 0.1) is 17.1 Å². The highest BCUT2D eigenvalue weighted by molar-refractivity contribution is 5.75. The van der Waals surface area contributed by atoms with Gasteiger partial charge in [0, 0.05) is 12.7 Å². The second kappa shape index (κ2) is 4.86. The van der Waals surface area contributed by atoms with Crippen molar-refractivity contribution in [2.45, 2.75) is 19.4 Å². The molecule has 2 aromatic rings. The Balaban J connectivity index is 1.92. The van der Waals surface area contributed by atoms with Crippen molar-refractivity contribution in [3.8, 4) is 0 Å². The lowest BCUT2D eigenvalue weighted by molar-refractivity contribution is 0.320. The van der Waals surface area contributed by atoms with Crippen LogP contribution in [0.5, 0.6) is 0 Å². The summed E-state index contributed by atoms with van der Waals surface area (Å²) < 4.78 is 1.57. The van der Waals surface area contributed by atoms with Gasteiger partial charge in [-0.2, -0.15) is 5.10 Å². The second-order valence-corrected chi connectivity index (χ2v) is 4.78. The quantitative estimate of drug-likeness (QED) is 0.848. The van der Waals surface area contributed by atoms with Crippen molar-refractivity contribution in [2.75, 3.05) is 13.1 Å². The molecule has 0 spiro atoms. The van der Waals surface area contributed by atoms with Gasteiger partial charge < -0.3 is 5.32 Å². The van der Waals surface area contributed by atoms with Crippen molar-refractivity contribution in [3.63, 3.8) is 0 Å². The molecule has 18 heavy (non-hydrogen) atoms. The molecule has 0 radical (unpaired) electrons. The summed E-state index contributed by atoms with van der Waals surface area (Å²) in [5.41, 5.74) is 0.631. The molecule has 1 unspecified atom stereocenters. The molecule has 5 heteroatoms. The number of hydrogen-bond donors (Lipinski definition) is 1. The molecule has 0 amide bonds. The van der Waals surface area contributed by atoms with Gasteiger partial charge in [-0.3, -0.25) is 9.78 Å². The van der Waals surface area contributed by atoms with Crippen LogP contribution in [0.15, 0.2) is 29.3 Å². The number of aromatic nitrogens is 3. The number of piperidine rings is 1. The average molecular weight is 244 g/mol. The van der Waals surface area contributed by atoms with Crippen molar-refractivity contribution < 1.29 is 0 Å². The van der Waals surface area contributed by atoms with Gasteiger partial charge in [0.25, 0.3) is 5.56 Å². The molecule has 1 aliphatic rings. The molecule has 1 saturated heterocycles. The van der Waals surface area contributed by atoms with Crippen molar-refractivity contribution in [1.82, 2.24) is 20.1 Å². The molecular weight excluding hydrogens is 228 g/mol. The third-order valence-electron chi connectivity index (χ3n) is 3.45. The predicted molar refractivity (Wildman–Crippen MR) is 69.4 cm³/mol. The number of nitrogens with zero attached hydrogens (tertiary/aromatic N) is 3. The van der Waals surface area contributed by atoms with E-state index >= 15 is 0 Å². The lowest BCUT2D eigenvalue weighted by atomic mass is 10.00. The van der Waals surface area contributed by atoms with Crippen LogP contribution in [-0.4, -0.2) is 27.9 Å². The van der Waals surface area contributed by atoms with E-state index < -0.39 is 0 Å². The van der Waals surface area contributed by atoms with Gasteiger partial charge in [-0.05, 0) is 44.0 Å². The van der Waals surface area contributed by atoms with E-state index in [1.165, 1.54) is 6.42 Å². The summed E-state index contributed by atoms with van der Waals surface area (Å²) in [4.78, 5) is 16.4. The standard InChI is InChI=1S/C13H16N4O/c18-13-11-4-2-6-15-12(11)8-16-17(13)9-10-3-1-5-14-7-10/h2,4,6,8,10,14H,1,3,5,7,9H2. The van der Waals surface area contributed by atoms with E-state index in [0.717, 1.165) is 19.5 Å². The minimum absolute atomic E-state index is 0.0360.